The van der Waals surface area contributed by atoms with Gasteiger partial charge in [-0.1, -0.05) is 19.9 Å². The molecule has 7 atom stereocenters. The van der Waals surface area contributed by atoms with Crippen LogP contribution in [0, 0.1) is 34.5 Å². The van der Waals surface area contributed by atoms with Gasteiger partial charge in [-0.15, -0.1) is 0 Å². The Kier molecular flexibility index (Phi) is 6.05. The van der Waals surface area contributed by atoms with Crippen LogP contribution in [0.2, 0.25) is 0 Å². The van der Waals surface area contributed by atoms with E-state index in [0.717, 1.165) is 56.3 Å². The van der Waals surface area contributed by atoms with Crippen LogP contribution in [0.25, 0.3) is 0 Å². The van der Waals surface area contributed by atoms with Crippen LogP contribution >= 0.6 is 0 Å². The highest BCUT2D eigenvalue weighted by Gasteiger charge is 2.59. The van der Waals surface area contributed by atoms with Crippen LogP contribution in [-0.4, -0.2) is 42.4 Å². The topological polar surface area (TPSA) is 46.6 Å². The standard InChI is InChI=1S/C28H43NO3/c1-19(30)23-8-9-24-22-7-6-20-18-21(32-26(31)12-17-29-15-4-5-16-29)10-13-27(20,2)25(22)11-14-28(23,24)3/h8,20-22,24-25H,4-7,9-18H2,1-3H3/t20-,21-,22+,24+,25-,27-,28+/m0/s1. The summed E-state index contributed by atoms with van der Waals surface area (Å²) in [6.45, 7) is 9.84. The quantitative estimate of drug-likeness (QED) is 0.525. The van der Waals surface area contributed by atoms with Crippen molar-refractivity contribution in [1.29, 1.82) is 0 Å². The summed E-state index contributed by atoms with van der Waals surface area (Å²) < 4.78 is 6.00. The number of fused-ring (bicyclic) bond motifs is 5. The van der Waals surface area contributed by atoms with Crippen LogP contribution in [0.1, 0.15) is 91.4 Å². The van der Waals surface area contributed by atoms with Crippen LogP contribution in [0.4, 0.5) is 0 Å². The Morgan fingerprint density at radius 3 is 2.59 bits per heavy atom. The highest BCUT2D eigenvalue weighted by atomic mass is 16.5. The smallest absolute Gasteiger partial charge is 0.307 e. The second kappa shape index (κ2) is 8.56. The van der Waals surface area contributed by atoms with Gasteiger partial charge in [0.25, 0.3) is 0 Å². The Morgan fingerprint density at radius 2 is 1.84 bits per heavy atom. The highest BCUT2D eigenvalue weighted by molar-refractivity contribution is 5.95. The van der Waals surface area contributed by atoms with Gasteiger partial charge in [-0.2, -0.15) is 0 Å². The lowest BCUT2D eigenvalue weighted by Crippen LogP contribution is -2.54. The number of likely N-dealkylation sites (tertiary alicyclic amines) is 1. The number of carbonyl (C=O) groups is 2. The van der Waals surface area contributed by atoms with Gasteiger partial charge in [0.1, 0.15) is 6.10 Å². The van der Waals surface area contributed by atoms with Crippen molar-refractivity contribution in [1.82, 2.24) is 4.90 Å². The number of ether oxygens (including phenoxy) is 1. The molecular weight excluding hydrogens is 398 g/mol. The Labute approximate surface area is 194 Å². The van der Waals surface area contributed by atoms with Crippen molar-refractivity contribution in [2.45, 2.75) is 97.5 Å². The summed E-state index contributed by atoms with van der Waals surface area (Å²) in [7, 11) is 0. The molecule has 4 heteroatoms. The van der Waals surface area contributed by atoms with E-state index < -0.39 is 0 Å². The first-order valence-corrected chi connectivity index (χ1v) is 13.4. The number of hydrogen-bond donors (Lipinski definition) is 0. The molecule has 178 valence electrons. The van der Waals surface area contributed by atoms with Gasteiger partial charge in [0.05, 0.1) is 6.42 Å². The third-order valence-corrected chi connectivity index (χ3v) is 10.7. The Bertz CT molecular complexity index is 784. The van der Waals surface area contributed by atoms with Crippen LogP contribution in [0.15, 0.2) is 11.6 Å². The molecule has 0 N–H and O–H groups in total. The van der Waals surface area contributed by atoms with E-state index >= 15 is 0 Å². The lowest BCUT2D eigenvalue weighted by molar-refractivity contribution is -0.161. The minimum absolute atomic E-state index is 0.0152. The van der Waals surface area contributed by atoms with E-state index in [0.29, 0.717) is 29.5 Å². The predicted molar refractivity (Wildman–Crippen MR) is 126 cm³/mol. The van der Waals surface area contributed by atoms with Crippen molar-refractivity contribution in [2.24, 2.45) is 34.5 Å². The Hall–Kier alpha value is -1.16. The van der Waals surface area contributed by atoms with Gasteiger partial charge in [0.15, 0.2) is 5.78 Å². The van der Waals surface area contributed by atoms with Gasteiger partial charge in [-0.05, 0) is 124 Å². The molecule has 5 rings (SSSR count). The lowest BCUT2D eigenvalue weighted by Gasteiger charge is -2.60. The maximum absolute atomic E-state index is 12.5. The maximum atomic E-state index is 12.5. The number of ketones is 1. The Balaban J connectivity index is 1.20. The Morgan fingerprint density at radius 1 is 1.06 bits per heavy atom. The summed E-state index contributed by atoms with van der Waals surface area (Å²) in [6.07, 6.45) is 14.9. The zero-order valence-corrected chi connectivity index (χ0v) is 20.5. The number of Topliss-reactive ketones (excluding diaryl/α,β-unsaturated/α-hetero) is 1. The van der Waals surface area contributed by atoms with E-state index in [-0.39, 0.29) is 17.5 Å². The number of allylic oxidation sites excluding steroid dienone is 2. The summed E-state index contributed by atoms with van der Waals surface area (Å²) in [6, 6.07) is 0. The lowest BCUT2D eigenvalue weighted by atomic mass is 9.44. The first-order valence-electron chi connectivity index (χ1n) is 13.4. The molecule has 1 saturated heterocycles. The zero-order valence-electron chi connectivity index (χ0n) is 20.5. The van der Waals surface area contributed by atoms with E-state index in [1.54, 1.807) is 6.92 Å². The van der Waals surface area contributed by atoms with Gasteiger partial charge in [0, 0.05) is 6.54 Å². The SMILES string of the molecule is CC(=O)C1=CC[C@@H]2[C@H]3CC[C@H]4C[C@@H](OC(=O)CCN5CCCC5)CC[C@]4(C)[C@H]3CC[C@]12C. The molecule has 5 aliphatic rings. The van der Waals surface area contributed by atoms with Gasteiger partial charge < -0.3 is 9.64 Å². The van der Waals surface area contributed by atoms with E-state index in [1.165, 1.54) is 44.9 Å². The number of nitrogens with zero attached hydrogens (tertiary/aromatic N) is 1. The largest absolute Gasteiger partial charge is 0.462 e. The van der Waals surface area contributed by atoms with Crippen molar-refractivity contribution >= 4 is 11.8 Å². The number of carbonyl (C=O) groups excluding carboxylic acids is 2. The van der Waals surface area contributed by atoms with Crippen molar-refractivity contribution in [3.05, 3.63) is 11.6 Å². The second-order valence-corrected chi connectivity index (χ2v) is 12.2. The van der Waals surface area contributed by atoms with Gasteiger partial charge in [-0.3, -0.25) is 9.59 Å². The molecule has 0 spiro atoms. The van der Waals surface area contributed by atoms with Crippen LogP contribution in [-0.2, 0) is 14.3 Å². The molecule has 0 aromatic heterocycles. The molecule has 0 radical (unpaired) electrons. The van der Waals surface area contributed by atoms with Crippen molar-refractivity contribution in [3.63, 3.8) is 0 Å². The summed E-state index contributed by atoms with van der Waals surface area (Å²) >= 11 is 0. The average Bonchev–Trinajstić information content (AvgIpc) is 3.39. The van der Waals surface area contributed by atoms with E-state index in [9.17, 15) is 9.59 Å². The van der Waals surface area contributed by atoms with E-state index in [4.69, 9.17) is 4.74 Å². The molecule has 0 amide bonds. The van der Waals surface area contributed by atoms with Gasteiger partial charge in [-0.25, -0.2) is 0 Å². The van der Waals surface area contributed by atoms with Crippen LogP contribution in [0.5, 0.6) is 0 Å². The summed E-state index contributed by atoms with van der Waals surface area (Å²) in [5.41, 5.74) is 1.61. The molecule has 32 heavy (non-hydrogen) atoms. The minimum Gasteiger partial charge on any atom is -0.462 e. The molecule has 1 heterocycles. The summed E-state index contributed by atoms with van der Waals surface area (Å²) in [5.74, 6) is 3.16. The van der Waals surface area contributed by atoms with E-state index in [1.807, 2.05) is 0 Å². The normalized spacial score (nSPS) is 43.7. The fraction of sp³-hybridized carbons (Fsp3) is 0.857. The first-order chi connectivity index (χ1) is 15.3. The van der Waals surface area contributed by atoms with E-state index in [2.05, 4.69) is 24.8 Å². The van der Waals surface area contributed by atoms with Gasteiger partial charge in [0.2, 0.25) is 0 Å². The molecule has 4 nitrogen and oxygen atoms in total. The molecule has 0 unspecified atom stereocenters. The van der Waals surface area contributed by atoms with Gasteiger partial charge >= 0.3 is 5.97 Å². The molecule has 3 saturated carbocycles. The average molecular weight is 442 g/mol. The summed E-state index contributed by atoms with van der Waals surface area (Å²) in [5, 5.41) is 0. The second-order valence-electron chi connectivity index (χ2n) is 12.2. The molecular formula is C28H43NO3. The third-order valence-electron chi connectivity index (χ3n) is 10.7. The third kappa shape index (κ3) is 3.79. The maximum Gasteiger partial charge on any atom is 0.307 e. The number of rotatable bonds is 5. The van der Waals surface area contributed by atoms with Crippen molar-refractivity contribution < 1.29 is 14.3 Å². The number of esters is 1. The van der Waals surface area contributed by atoms with Crippen molar-refractivity contribution in [3.8, 4) is 0 Å². The number of hydrogen-bond acceptors (Lipinski definition) is 4. The summed E-state index contributed by atoms with van der Waals surface area (Å²) in [4.78, 5) is 27.2. The molecule has 0 bridgehead atoms. The minimum atomic E-state index is 0.0152. The highest BCUT2D eigenvalue weighted by Crippen LogP contribution is 2.66. The predicted octanol–water partition coefficient (Wildman–Crippen LogP) is 5.55. The first kappa shape index (κ1) is 22.6. The molecule has 0 aromatic carbocycles. The monoisotopic (exact) mass is 441 g/mol. The molecule has 4 fully saturated rings. The zero-order chi connectivity index (χ0) is 22.5. The fourth-order valence-corrected chi connectivity index (χ4v) is 8.94. The fourth-order valence-electron chi connectivity index (χ4n) is 8.94. The van der Waals surface area contributed by atoms with Crippen molar-refractivity contribution in [2.75, 3.05) is 19.6 Å². The molecule has 0 aromatic rings. The van der Waals surface area contributed by atoms with Crippen LogP contribution in [0.3, 0.4) is 0 Å². The molecule has 1 aliphatic heterocycles. The molecule has 4 aliphatic carbocycles. The van der Waals surface area contributed by atoms with Crippen LogP contribution < -0.4 is 0 Å².